The highest BCUT2D eigenvalue weighted by molar-refractivity contribution is 5.93. The highest BCUT2D eigenvalue weighted by atomic mass is 19.2. The second kappa shape index (κ2) is 12.1. The lowest BCUT2D eigenvalue weighted by molar-refractivity contribution is -0.530. The Balaban J connectivity index is 3.48. The molecule has 0 radical (unpaired) electrons. The number of rotatable bonds is 9. The molecule has 0 saturated carbocycles. The number of hydrogen-bond acceptors (Lipinski definition) is 8. The van der Waals surface area contributed by atoms with Gasteiger partial charge in [0.15, 0.2) is 11.6 Å². The molecule has 0 spiro atoms. The van der Waals surface area contributed by atoms with Crippen molar-refractivity contribution in [2.75, 3.05) is 6.61 Å². The summed E-state index contributed by atoms with van der Waals surface area (Å²) in [5, 5.41) is 31.0. The molecule has 36 heavy (non-hydrogen) atoms. The minimum absolute atomic E-state index is 0.234. The van der Waals surface area contributed by atoms with Gasteiger partial charge in [-0.05, 0) is 60.5 Å². The van der Waals surface area contributed by atoms with Crippen molar-refractivity contribution in [3.05, 3.63) is 45.5 Å². The predicted molar refractivity (Wildman–Crippen MR) is 122 cm³/mol. The lowest BCUT2D eigenvalue weighted by atomic mass is 9.86. The van der Waals surface area contributed by atoms with E-state index in [0.717, 1.165) is 18.2 Å². The summed E-state index contributed by atoms with van der Waals surface area (Å²) < 4.78 is 38.7. The van der Waals surface area contributed by atoms with Crippen molar-refractivity contribution >= 4 is 18.2 Å². The summed E-state index contributed by atoms with van der Waals surface area (Å²) in [6, 6.07) is -0.794. The van der Waals surface area contributed by atoms with Crippen molar-refractivity contribution in [2.45, 2.75) is 83.6 Å². The molecular formula is C23H32F2N2O9. The fourth-order valence-electron chi connectivity index (χ4n) is 3.35. The number of nitro groups is 1. The van der Waals surface area contributed by atoms with Gasteiger partial charge in [0.2, 0.25) is 6.04 Å². The Morgan fingerprint density at radius 3 is 1.92 bits per heavy atom. The van der Waals surface area contributed by atoms with Crippen LogP contribution in [-0.2, 0) is 14.3 Å². The van der Waals surface area contributed by atoms with Gasteiger partial charge in [-0.1, -0.05) is 12.1 Å². The molecule has 0 aromatic heterocycles. The molecule has 0 heterocycles. The van der Waals surface area contributed by atoms with Crippen LogP contribution in [0.2, 0.25) is 0 Å². The summed E-state index contributed by atoms with van der Waals surface area (Å²) in [7, 11) is 0. The van der Waals surface area contributed by atoms with Gasteiger partial charge in [0.25, 0.3) is 0 Å². The van der Waals surface area contributed by atoms with Crippen LogP contribution in [-0.4, -0.2) is 68.1 Å². The van der Waals surface area contributed by atoms with Crippen LogP contribution in [0.4, 0.5) is 18.4 Å². The van der Waals surface area contributed by atoms with E-state index in [1.165, 1.54) is 41.5 Å². The number of imide groups is 1. The Hall–Kier alpha value is -3.35. The minimum Gasteiger partial charge on any atom is -0.480 e. The van der Waals surface area contributed by atoms with Gasteiger partial charge in [0.05, 0.1) is 5.92 Å². The first-order chi connectivity index (χ1) is 16.4. The molecule has 1 rings (SSSR count). The van der Waals surface area contributed by atoms with Crippen LogP contribution in [0.15, 0.2) is 18.2 Å². The van der Waals surface area contributed by atoms with Crippen LogP contribution in [0.1, 0.15) is 65.9 Å². The number of aliphatic hydroxyl groups is 1. The lowest BCUT2D eigenvalue weighted by Crippen LogP contribution is -2.52. The zero-order valence-electron chi connectivity index (χ0n) is 21.0. The number of carbonyl (C=O) groups excluding carboxylic acids is 2. The summed E-state index contributed by atoms with van der Waals surface area (Å²) in [6.07, 6.45) is -3.83. The Kier molecular flexibility index (Phi) is 10.3. The number of benzene rings is 1. The molecule has 0 aliphatic carbocycles. The van der Waals surface area contributed by atoms with Crippen molar-refractivity contribution in [3.63, 3.8) is 0 Å². The average molecular weight is 519 g/mol. The number of aliphatic hydroxyl groups excluding tert-OH is 1. The monoisotopic (exact) mass is 518 g/mol. The fraction of sp³-hybridized carbons (Fsp3) is 0.609. The van der Waals surface area contributed by atoms with E-state index in [1.54, 1.807) is 0 Å². The largest absolute Gasteiger partial charge is 0.480 e. The van der Waals surface area contributed by atoms with E-state index >= 15 is 0 Å². The number of carbonyl (C=O) groups is 3. The highest BCUT2D eigenvalue weighted by Gasteiger charge is 2.42. The van der Waals surface area contributed by atoms with Crippen LogP contribution >= 0.6 is 0 Å². The van der Waals surface area contributed by atoms with Crippen LogP contribution in [0.25, 0.3) is 0 Å². The van der Waals surface area contributed by atoms with Gasteiger partial charge < -0.3 is 19.7 Å². The fourth-order valence-corrected chi connectivity index (χ4v) is 3.35. The summed E-state index contributed by atoms with van der Waals surface area (Å²) in [4.78, 5) is 48.7. The Morgan fingerprint density at radius 1 is 1.03 bits per heavy atom. The number of amides is 2. The molecule has 1 aromatic rings. The summed E-state index contributed by atoms with van der Waals surface area (Å²) in [5.74, 6) is -5.87. The molecular weight excluding hydrogens is 486 g/mol. The Morgan fingerprint density at radius 2 is 1.53 bits per heavy atom. The third kappa shape index (κ3) is 8.70. The zero-order chi connectivity index (χ0) is 28.0. The molecule has 202 valence electrons. The molecule has 0 aliphatic rings. The molecule has 2 amide bonds. The summed E-state index contributed by atoms with van der Waals surface area (Å²) in [6.45, 7) is 7.85. The first-order valence-electron chi connectivity index (χ1n) is 11.1. The quantitative estimate of drug-likeness (QED) is 0.363. The highest BCUT2D eigenvalue weighted by Crippen LogP contribution is 2.32. The van der Waals surface area contributed by atoms with Gasteiger partial charge in [-0.2, -0.15) is 4.90 Å². The van der Waals surface area contributed by atoms with Gasteiger partial charge in [0, 0.05) is 10.5 Å². The molecule has 3 atom stereocenters. The van der Waals surface area contributed by atoms with Crippen molar-refractivity contribution in [1.82, 2.24) is 4.90 Å². The van der Waals surface area contributed by atoms with E-state index in [1.807, 2.05) is 0 Å². The predicted octanol–water partition coefficient (Wildman–Crippen LogP) is 4.09. The van der Waals surface area contributed by atoms with Crippen LogP contribution < -0.4 is 0 Å². The number of carboxylic acid groups (broad SMARTS) is 1. The Labute approximate surface area is 207 Å². The third-order valence-electron chi connectivity index (χ3n) is 4.83. The summed E-state index contributed by atoms with van der Waals surface area (Å²) in [5.41, 5.74) is -2.71. The number of aliphatic carboxylic acids is 1. The molecule has 1 unspecified atom stereocenters. The lowest BCUT2D eigenvalue weighted by Gasteiger charge is -2.32. The molecule has 1 aromatic carbocycles. The number of carboxylic acids is 1. The normalized spacial score (nSPS) is 14.4. The molecule has 0 saturated heterocycles. The smallest absolute Gasteiger partial charge is 0.420 e. The maximum atomic E-state index is 14.5. The van der Waals surface area contributed by atoms with Crippen molar-refractivity contribution in [2.24, 2.45) is 0 Å². The van der Waals surface area contributed by atoms with Gasteiger partial charge >= 0.3 is 18.2 Å². The van der Waals surface area contributed by atoms with Gasteiger partial charge in [-0.3, -0.25) is 10.1 Å². The zero-order valence-corrected chi connectivity index (χ0v) is 21.0. The molecule has 0 fully saturated rings. The molecule has 0 aliphatic heterocycles. The molecule has 11 nitrogen and oxygen atoms in total. The first-order valence-corrected chi connectivity index (χ1v) is 11.1. The van der Waals surface area contributed by atoms with Crippen molar-refractivity contribution < 1.29 is 47.8 Å². The van der Waals surface area contributed by atoms with Gasteiger partial charge in [-0.15, -0.1) is 0 Å². The standard InChI is InChI=1S/C23H32F2N2O9/c1-22(2,3)35-20(31)26(21(32)36-23(4,5)6)16(19(29)30)11-10-13(17(12-28)27(33)34)14-8-7-9-15(24)18(14)25/h7-9,13,16-17,28H,10-12H2,1-6H3,(H,29,30)/t13-,16+,17?/m0/s1. The maximum Gasteiger partial charge on any atom is 0.420 e. The minimum atomic E-state index is -1.94. The molecule has 2 N–H and O–H groups in total. The topological polar surface area (TPSA) is 157 Å². The van der Waals surface area contributed by atoms with E-state index in [-0.39, 0.29) is 4.90 Å². The molecule has 13 heteroatoms. The molecule has 0 bridgehead atoms. The number of hydrogen-bond donors (Lipinski definition) is 2. The summed E-state index contributed by atoms with van der Waals surface area (Å²) >= 11 is 0. The van der Waals surface area contributed by atoms with Gasteiger partial charge in [-0.25, -0.2) is 23.2 Å². The van der Waals surface area contributed by atoms with Crippen LogP contribution in [0, 0.1) is 21.7 Å². The van der Waals surface area contributed by atoms with Gasteiger partial charge in [0.1, 0.15) is 23.9 Å². The SMILES string of the molecule is CC(C)(C)OC(=O)N(C(=O)OC(C)(C)C)[C@H](CC[C@@H](c1cccc(F)c1F)C(CO)[N+](=O)[O-])C(=O)O. The second-order valence-corrected chi connectivity index (χ2v) is 10.0. The van der Waals surface area contributed by atoms with Crippen molar-refractivity contribution in [1.29, 1.82) is 0 Å². The van der Waals surface area contributed by atoms with E-state index in [0.29, 0.717) is 0 Å². The average Bonchev–Trinajstić information content (AvgIpc) is 2.68. The Bertz CT molecular complexity index is 945. The van der Waals surface area contributed by atoms with Crippen LogP contribution in [0.3, 0.4) is 0 Å². The van der Waals surface area contributed by atoms with Crippen LogP contribution in [0.5, 0.6) is 0 Å². The van der Waals surface area contributed by atoms with E-state index in [2.05, 4.69) is 0 Å². The van der Waals surface area contributed by atoms with Crippen molar-refractivity contribution in [3.8, 4) is 0 Å². The second-order valence-electron chi connectivity index (χ2n) is 10.0. The third-order valence-corrected chi connectivity index (χ3v) is 4.83. The maximum absolute atomic E-state index is 14.5. The van der Waals surface area contributed by atoms with E-state index < -0.39 is 88.9 Å². The number of ether oxygens (including phenoxy) is 2. The first kappa shape index (κ1) is 30.7. The number of halogens is 2. The van der Waals surface area contributed by atoms with E-state index in [4.69, 9.17) is 9.47 Å². The number of nitrogens with zero attached hydrogens (tertiary/aromatic N) is 2. The van der Waals surface area contributed by atoms with E-state index in [9.17, 15) is 43.5 Å².